The number of nitrogens with two attached hydrogens (primary N) is 2. The highest BCUT2D eigenvalue weighted by molar-refractivity contribution is 7.91. The van der Waals surface area contributed by atoms with Gasteiger partial charge in [-0.3, -0.25) is 4.57 Å². The van der Waals surface area contributed by atoms with Crippen molar-refractivity contribution in [3.63, 3.8) is 0 Å². The minimum absolute atomic E-state index is 0.153. The molecule has 0 fully saturated rings. The van der Waals surface area contributed by atoms with Crippen LogP contribution in [0.25, 0.3) is 5.69 Å². The van der Waals surface area contributed by atoms with Gasteiger partial charge in [0.05, 0.1) is 16.1 Å². The van der Waals surface area contributed by atoms with Crippen molar-refractivity contribution in [1.29, 1.82) is 0 Å². The van der Waals surface area contributed by atoms with E-state index in [0.717, 1.165) is 12.3 Å². The molecule has 1 aromatic heterocycles. The monoisotopic (exact) mass is 409 g/mol. The van der Waals surface area contributed by atoms with Crippen LogP contribution < -0.4 is 17.2 Å². The van der Waals surface area contributed by atoms with E-state index in [1.807, 2.05) is 0 Å². The Hall–Kier alpha value is -2.41. The molecule has 0 aliphatic heterocycles. The zero-order valence-electron chi connectivity index (χ0n) is 13.5. The van der Waals surface area contributed by atoms with E-state index in [1.165, 1.54) is 6.92 Å². The predicted octanol–water partition coefficient (Wildman–Crippen LogP) is 0.751. The van der Waals surface area contributed by atoms with Crippen molar-refractivity contribution in [2.45, 2.75) is 24.8 Å². The Morgan fingerprint density at radius 1 is 1.42 bits per heavy atom. The topological polar surface area (TPSA) is 126 Å². The number of thiocarbonyl (C=S) groups is 1. The van der Waals surface area contributed by atoms with Crippen LogP contribution in [-0.2, 0) is 16.4 Å². The molecule has 0 saturated heterocycles. The molecule has 0 spiro atoms. The van der Waals surface area contributed by atoms with Gasteiger partial charge in [-0.05, 0) is 13.0 Å². The number of benzene rings is 1. The van der Waals surface area contributed by atoms with Crippen LogP contribution in [-0.4, -0.2) is 34.0 Å². The third-order valence-electron chi connectivity index (χ3n) is 3.52. The summed E-state index contributed by atoms with van der Waals surface area (Å²) >= 11 is 4.71. The molecule has 0 saturated carbocycles. The van der Waals surface area contributed by atoms with Gasteiger partial charge in [-0.2, -0.15) is 4.68 Å². The summed E-state index contributed by atoms with van der Waals surface area (Å²) in [5.74, 6) is -2.15. The minimum Gasteiger partial charge on any atom is -0.396 e. The molecule has 2 aromatic rings. The summed E-state index contributed by atoms with van der Waals surface area (Å²) in [4.78, 5) is 11.3. The first-order valence-electron chi connectivity index (χ1n) is 7.01. The molecule has 0 aliphatic rings. The van der Waals surface area contributed by atoms with Gasteiger partial charge in [-0.25, -0.2) is 26.4 Å². The van der Waals surface area contributed by atoms with Crippen LogP contribution in [0, 0.1) is 5.82 Å². The third kappa shape index (κ3) is 3.19. The summed E-state index contributed by atoms with van der Waals surface area (Å²) in [6, 6.07) is 0.735. The SMILES string of the molecule is CCn1c(C(F)F)nn(-c2cc(S(C)(=O)=O)c(C(N)=S)c(N)c2F)c1=O. The Balaban J connectivity index is 2.96. The molecule has 142 valence electrons. The van der Waals surface area contributed by atoms with Gasteiger partial charge in [-0.15, -0.1) is 5.10 Å². The molecule has 0 bridgehead atoms. The molecule has 1 aromatic carbocycles. The summed E-state index contributed by atoms with van der Waals surface area (Å²) in [6.45, 7) is 1.27. The average Bonchev–Trinajstić information content (AvgIpc) is 2.85. The minimum atomic E-state index is -4.00. The lowest BCUT2D eigenvalue weighted by Gasteiger charge is -2.14. The van der Waals surface area contributed by atoms with E-state index in [4.69, 9.17) is 23.7 Å². The van der Waals surface area contributed by atoms with Crippen LogP contribution >= 0.6 is 12.2 Å². The number of hydrogen-bond acceptors (Lipinski definition) is 6. The number of anilines is 1. The summed E-state index contributed by atoms with van der Waals surface area (Å²) in [6.07, 6.45) is -2.31. The number of sulfone groups is 1. The van der Waals surface area contributed by atoms with Crippen molar-refractivity contribution in [3.8, 4) is 5.69 Å². The molecule has 0 aliphatic carbocycles. The van der Waals surface area contributed by atoms with Crippen LogP contribution in [0.5, 0.6) is 0 Å². The van der Waals surface area contributed by atoms with E-state index in [1.54, 1.807) is 0 Å². The number of aromatic nitrogens is 3. The normalized spacial score (nSPS) is 11.9. The van der Waals surface area contributed by atoms with E-state index in [0.29, 0.717) is 9.25 Å². The molecular formula is C13H14F3N5O3S2. The Kier molecular flexibility index (Phi) is 5.14. The summed E-state index contributed by atoms with van der Waals surface area (Å²) in [5.41, 5.74) is 8.08. The van der Waals surface area contributed by atoms with Crippen molar-refractivity contribution in [2.75, 3.05) is 12.0 Å². The maximum atomic E-state index is 14.7. The fourth-order valence-corrected chi connectivity index (χ4v) is 3.57. The summed E-state index contributed by atoms with van der Waals surface area (Å²) in [5, 5.41) is 3.41. The highest BCUT2D eigenvalue weighted by Gasteiger charge is 2.28. The molecule has 13 heteroatoms. The zero-order valence-corrected chi connectivity index (χ0v) is 15.2. The van der Waals surface area contributed by atoms with Crippen molar-refractivity contribution in [1.82, 2.24) is 14.3 Å². The number of nitrogens with zero attached hydrogens (tertiary/aromatic N) is 3. The maximum Gasteiger partial charge on any atom is 0.350 e. The molecule has 2 rings (SSSR count). The first kappa shape index (κ1) is 19.9. The Morgan fingerprint density at radius 3 is 2.38 bits per heavy atom. The van der Waals surface area contributed by atoms with Gasteiger partial charge in [0.25, 0.3) is 6.43 Å². The van der Waals surface area contributed by atoms with E-state index in [2.05, 4.69) is 5.10 Å². The van der Waals surface area contributed by atoms with Gasteiger partial charge in [-0.1, -0.05) is 12.2 Å². The number of hydrogen-bond donors (Lipinski definition) is 2. The highest BCUT2D eigenvalue weighted by Crippen LogP contribution is 2.30. The van der Waals surface area contributed by atoms with Crippen molar-refractivity contribution in [3.05, 3.63) is 33.8 Å². The standard InChI is InChI=1S/C13H14F3N5O3S2/c1-3-20-12(10(15)16)19-21(13(20)22)5-4-6(26(2,23)24)7(11(18)25)9(17)8(5)14/h4,10H,3,17H2,1-2H3,(H2,18,25). The van der Waals surface area contributed by atoms with Gasteiger partial charge in [0.2, 0.25) is 5.82 Å². The molecule has 26 heavy (non-hydrogen) atoms. The molecule has 0 amide bonds. The molecule has 0 radical (unpaired) electrons. The van der Waals surface area contributed by atoms with Crippen LogP contribution in [0.15, 0.2) is 15.8 Å². The van der Waals surface area contributed by atoms with Crippen LogP contribution in [0.3, 0.4) is 0 Å². The molecule has 0 unspecified atom stereocenters. The Bertz CT molecular complexity index is 1060. The number of halogens is 3. The average molecular weight is 409 g/mol. The lowest BCUT2D eigenvalue weighted by Crippen LogP contribution is -2.26. The maximum absolute atomic E-state index is 14.7. The summed E-state index contributed by atoms with van der Waals surface area (Å²) in [7, 11) is -4.00. The van der Waals surface area contributed by atoms with Gasteiger partial charge in [0.1, 0.15) is 10.7 Å². The second-order valence-corrected chi connectivity index (χ2v) is 7.65. The Labute approximate surface area is 151 Å². The largest absolute Gasteiger partial charge is 0.396 e. The predicted molar refractivity (Wildman–Crippen MR) is 91.8 cm³/mol. The quantitative estimate of drug-likeness (QED) is 0.424. The third-order valence-corrected chi connectivity index (χ3v) is 4.85. The lowest BCUT2D eigenvalue weighted by atomic mass is 10.1. The van der Waals surface area contributed by atoms with Crippen molar-refractivity contribution < 1.29 is 21.6 Å². The van der Waals surface area contributed by atoms with Crippen molar-refractivity contribution in [2.24, 2.45) is 5.73 Å². The second-order valence-electron chi connectivity index (χ2n) is 5.23. The van der Waals surface area contributed by atoms with Crippen molar-refractivity contribution >= 4 is 32.7 Å². The fraction of sp³-hybridized carbons (Fsp3) is 0.308. The molecular weight excluding hydrogens is 395 g/mol. The zero-order chi connectivity index (χ0) is 20.0. The van der Waals surface area contributed by atoms with Crippen LogP contribution in [0.2, 0.25) is 0 Å². The highest BCUT2D eigenvalue weighted by atomic mass is 32.2. The summed E-state index contributed by atoms with van der Waals surface area (Å²) < 4.78 is 65.7. The number of alkyl halides is 2. The number of nitrogen functional groups attached to an aromatic ring is 1. The fourth-order valence-electron chi connectivity index (χ4n) is 2.37. The molecule has 4 N–H and O–H groups in total. The smallest absolute Gasteiger partial charge is 0.350 e. The second kappa shape index (κ2) is 6.72. The first-order chi connectivity index (χ1) is 11.9. The Morgan fingerprint density at radius 2 is 2.00 bits per heavy atom. The molecule has 8 nitrogen and oxygen atoms in total. The number of rotatable bonds is 5. The van der Waals surface area contributed by atoms with Crippen LogP contribution in [0.4, 0.5) is 18.9 Å². The van der Waals surface area contributed by atoms with Gasteiger partial charge in [0, 0.05) is 12.8 Å². The van der Waals surface area contributed by atoms with Gasteiger partial charge in [0.15, 0.2) is 15.7 Å². The molecule has 0 atom stereocenters. The first-order valence-corrected chi connectivity index (χ1v) is 9.31. The van der Waals surface area contributed by atoms with E-state index >= 15 is 0 Å². The van der Waals surface area contributed by atoms with E-state index < -0.39 is 60.4 Å². The van der Waals surface area contributed by atoms with Gasteiger partial charge >= 0.3 is 5.69 Å². The molecule has 1 heterocycles. The van der Waals surface area contributed by atoms with E-state index in [9.17, 15) is 26.4 Å². The van der Waals surface area contributed by atoms with E-state index in [-0.39, 0.29) is 6.54 Å². The van der Waals surface area contributed by atoms with Gasteiger partial charge < -0.3 is 11.5 Å². The van der Waals surface area contributed by atoms with Crippen LogP contribution in [0.1, 0.15) is 24.7 Å². The lowest BCUT2D eigenvalue weighted by molar-refractivity contribution is 0.134.